The highest BCUT2D eigenvalue weighted by Gasteiger charge is 1.90. The van der Waals surface area contributed by atoms with E-state index in [1.807, 2.05) is 18.6 Å². The van der Waals surface area contributed by atoms with Crippen LogP contribution < -0.4 is 0 Å². The molecule has 8 heavy (non-hydrogen) atoms. The van der Waals surface area contributed by atoms with Crippen LogP contribution in [0.2, 0.25) is 0 Å². The van der Waals surface area contributed by atoms with Crippen LogP contribution >= 0.6 is 11.3 Å². The van der Waals surface area contributed by atoms with Gasteiger partial charge in [0.1, 0.15) is 0 Å². The summed E-state index contributed by atoms with van der Waals surface area (Å²) in [4.78, 5) is 5.07. The lowest BCUT2D eigenvalue weighted by Gasteiger charge is -1.85. The molecule has 0 saturated heterocycles. The minimum absolute atomic E-state index is 1.09. The molecule has 0 saturated carbocycles. The van der Waals surface area contributed by atoms with E-state index in [2.05, 4.69) is 11.6 Å². The molecule has 1 rings (SSSR count). The van der Waals surface area contributed by atoms with Crippen LogP contribution in [0.15, 0.2) is 18.3 Å². The van der Waals surface area contributed by atoms with Crippen molar-refractivity contribution < 1.29 is 0 Å². The molecule has 0 aromatic carbocycles. The molecule has 0 aliphatic heterocycles. The highest BCUT2D eigenvalue weighted by Crippen LogP contribution is 2.14. The summed E-state index contributed by atoms with van der Waals surface area (Å²) in [7, 11) is 0. The fourth-order valence-electron chi connectivity index (χ4n) is 0.427. The van der Waals surface area contributed by atoms with Gasteiger partial charge in [-0.15, -0.1) is 11.3 Å². The van der Waals surface area contributed by atoms with Crippen molar-refractivity contribution in [3.8, 4) is 0 Å². The Labute approximate surface area is 52.7 Å². The highest BCUT2D eigenvalue weighted by molar-refractivity contribution is 7.10. The van der Waals surface area contributed by atoms with E-state index < -0.39 is 0 Å². The third-order valence-corrected chi connectivity index (χ3v) is 1.79. The van der Waals surface area contributed by atoms with E-state index in [0.29, 0.717) is 0 Å². The standard InChI is InChI=1S/C6H7NS/c1-5(2)6-3-7-4-8-6/h3-4H,1H2,2H3. The number of aromatic nitrogens is 1. The molecule has 0 N–H and O–H groups in total. The zero-order valence-corrected chi connectivity index (χ0v) is 5.53. The first-order chi connectivity index (χ1) is 3.80. The minimum Gasteiger partial charge on any atom is -0.253 e. The Balaban J connectivity index is 2.93. The largest absolute Gasteiger partial charge is 0.253 e. The topological polar surface area (TPSA) is 12.9 Å². The molecule has 0 aliphatic carbocycles. The Morgan fingerprint density at radius 3 is 2.88 bits per heavy atom. The van der Waals surface area contributed by atoms with Crippen molar-refractivity contribution in [2.24, 2.45) is 0 Å². The van der Waals surface area contributed by atoms with Crippen LogP contribution in [-0.4, -0.2) is 4.98 Å². The van der Waals surface area contributed by atoms with Gasteiger partial charge in [-0.3, -0.25) is 4.98 Å². The Morgan fingerprint density at radius 1 is 1.88 bits per heavy atom. The van der Waals surface area contributed by atoms with Crippen LogP contribution in [-0.2, 0) is 0 Å². The van der Waals surface area contributed by atoms with E-state index >= 15 is 0 Å². The van der Waals surface area contributed by atoms with Gasteiger partial charge in [0.15, 0.2) is 0 Å². The van der Waals surface area contributed by atoms with Gasteiger partial charge in [0.05, 0.1) is 5.51 Å². The van der Waals surface area contributed by atoms with E-state index in [1.165, 1.54) is 4.88 Å². The summed E-state index contributed by atoms with van der Waals surface area (Å²) in [5.74, 6) is 0. The molecular formula is C6H7NS. The number of hydrogen-bond donors (Lipinski definition) is 0. The van der Waals surface area contributed by atoms with Crippen LogP contribution in [0, 0.1) is 0 Å². The molecule has 0 amide bonds. The average molecular weight is 125 g/mol. The van der Waals surface area contributed by atoms with Gasteiger partial charge in [-0.25, -0.2) is 0 Å². The van der Waals surface area contributed by atoms with Crippen molar-refractivity contribution in [2.45, 2.75) is 6.92 Å². The van der Waals surface area contributed by atoms with E-state index in [0.717, 1.165) is 5.57 Å². The summed E-state index contributed by atoms with van der Waals surface area (Å²) >= 11 is 1.62. The molecule has 1 nitrogen and oxygen atoms in total. The van der Waals surface area contributed by atoms with Gasteiger partial charge in [-0.05, 0) is 12.5 Å². The molecule has 1 heterocycles. The van der Waals surface area contributed by atoms with Gasteiger partial charge in [0.25, 0.3) is 0 Å². The molecule has 42 valence electrons. The van der Waals surface area contributed by atoms with Crippen molar-refractivity contribution in [2.75, 3.05) is 0 Å². The van der Waals surface area contributed by atoms with Crippen LogP contribution in [0.1, 0.15) is 11.8 Å². The lowest BCUT2D eigenvalue weighted by Crippen LogP contribution is -1.63. The summed E-state index contributed by atoms with van der Waals surface area (Å²) < 4.78 is 0. The Bertz CT molecular complexity index is 176. The minimum atomic E-state index is 1.09. The molecule has 0 atom stereocenters. The summed E-state index contributed by atoms with van der Waals surface area (Å²) in [6.45, 7) is 5.75. The van der Waals surface area contributed by atoms with Crippen LogP contribution in [0.4, 0.5) is 0 Å². The monoisotopic (exact) mass is 125 g/mol. The first kappa shape index (κ1) is 5.51. The summed E-state index contributed by atoms with van der Waals surface area (Å²) in [6, 6.07) is 0. The van der Waals surface area contributed by atoms with E-state index in [9.17, 15) is 0 Å². The maximum Gasteiger partial charge on any atom is 0.0797 e. The van der Waals surface area contributed by atoms with Crippen molar-refractivity contribution in [3.05, 3.63) is 23.2 Å². The van der Waals surface area contributed by atoms with E-state index in [1.54, 1.807) is 11.3 Å². The van der Waals surface area contributed by atoms with Gasteiger partial charge < -0.3 is 0 Å². The molecule has 1 aromatic heterocycles. The van der Waals surface area contributed by atoms with Crippen molar-refractivity contribution in [1.29, 1.82) is 0 Å². The van der Waals surface area contributed by atoms with Gasteiger partial charge >= 0.3 is 0 Å². The number of hydrogen-bond acceptors (Lipinski definition) is 2. The van der Waals surface area contributed by atoms with Crippen molar-refractivity contribution in [1.82, 2.24) is 4.98 Å². The molecule has 0 radical (unpaired) electrons. The molecule has 0 bridgehead atoms. The Kier molecular flexibility index (Phi) is 1.44. The normalized spacial score (nSPS) is 9.12. The molecule has 1 aromatic rings. The van der Waals surface area contributed by atoms with E-state index in [4.69, 9.17) is 0 Å². The molecule has 0 spiro atoms. The summed E-state index contributed by atoms with van der Waals surface area (Å²) in [6.07, 6.45) is 1.83. The van der Waals surface area contributed by atoms with Crippen LogP contribution in [0.25, 0.3) is 5.57 Å². The quantitative estimate of drug-likeness (QED) is 0.560. The number of rotatable bonds is 1. The summed E-state index contributed by atoms with van der Waals surface area (Å²) in [5, 5.41) is 0. The molecule has 0 fully saturated rings. The fourth-order valence-corrected chi connectivity index (χ4v) is 0.985. The predicted octanol–water partition coefficient (Wildman–Crippen LogP) is 2.18. The SMILES string of the molecule is C=C(C)c1cncs1. The molecule has 2 heteroatoms. The maximum atomic E-state index is 3.90. The van der Waals surface area contributed by atoms with Crippen LogP contribution in [0.3, 0.4) is 0 Å². The van der Waals surface area contributed by atoms with Crippen LogP contribution in [0.5, 0.6) is 0 Å². The molecular weight excluding hydrogens is 118 g/mol. The molecule has 0 aliphatic rings. The molecule has 0 unspecified atom stereocenters. The third-order valence-electron chi connectivity index (χ3n) is 0.853. The zero-order valence-electron chi connectivity index (χ0n) is 4.72. The predicted molar refractivity (Wildman–Crippen MR) is 36.8 cm³/mol. The number of allylic oxidation sites excluding steroid dienone is 1. The Morgan fingerprint density at radius 2 is 2.62 bits per heavy atom. The maximum absolute atomic E-state index is 3.90. The fraction of sp³-hybridized carbons (Fsp3) is 0.167. The lowest BCUT2D eigenvalue weighted by atomic mass is 10.3. The summed E-state index contributed by atoms with van der Waals surface area (Å²) in [5.41, 5.74) is 2.90. The lowest BCUT2D eigenvalue weighted by molar-refractivity contribution is 1.41. The van der Waals surface area contributed by atoms with Crippen molar-refractivity contribution >= 4 is 16.9 Å². The van der Waals surface area contributed by atoms with Crippen molar-refractivity contribution in [3.63, 3.8) is 0 Å². The van der Waals surface area contributed by atoms with Gasteiger partial charge in [0, 0.05) is 11.1 Å². The zero-order chi connectivity index (χ0) is 5.98. The second kappa shape index (κ2) is 2.09. The second-order valence-corrected chi connectivity index (χ2v) is 2.53. The van der Waals surface area contributed by atoms with Gasteiger partial charge in [0.2, 0.25) is 0 Å². The Hall–Kier alpha value is -0.630. The smallest absolute Gasteiger partial charge is 0.0797 e. The van der Waals surface area contributed by atoms with E-state index in [-0.39, 0.29) is 0 Å². The van der Waals surface area contributed by atoms with Gasteiger partial charge in [-0.1, -0.05) is 6.58 Å². The highest BCUT2D eigenvalue weighted by atomic mass is 32.1. The average Bonchev–Trinajstić information content (AvgIpc) is 2.12. The first-order valence-electron chi connectivity index (χ1n) is 2.35. The van der Waals surface area contributed by atoms with Gasteiger partial charge in [-0.2, -0.15) is 0 Å². The third kappa shape index (κ3) is 0.954. The number of thiazole rings is 1. The number of nitrogens with zero attached hydrogens (tertiary/aromatic N) is 1. The second-order valence-electron chi connectivity index (χ2n) is 1.65. The first-order valence-corrected chi connectivity index (χ1v) is 3.23.